The van der Waals surface area contributed by atoms with Crippen LogP contribution in [0.1, 0.15) is 53.6 Å². The molecular formula is C27H29F3N4OS. The Morgan fingerprint density at radius 2 is 1.83 bits per heavy atom. The van der Waals surface area contributed by atoms with Crippen LogP contribution in [-0.4, -0.2) is 50.8 Å². The molecule has 2 aromatic carbocycles. The maximum Gasteiger partial charge on any atom is 0.416 e. The molecule has 1 saturated carbocycles. The van der Waals surface area contributed by atoms with Crippen LogP contribution in [0.15, 0.2) is 53.7 Å². The molecule has 1 spiro atoms. The van der Waals surface area contributed by atoms with Crippen molar-refractivity contribution in [3.63, 3.8) is 0 Å². The highest BCUT2D eigenvalue weighted by Gasteiger charge is 2.57. The number of hydrogen-bond acceptors (Lipinski definition) is 5. The highest BCUT2D eigenvalue weighted by molar-refractivity contribution is 7.99. The van der Waals surface area contributed by atoms with Crippen molar-refractivity contribution >= 4 is 17.5 Å². The summed E-state index contributed by atoms with van der Waals surface area (Å²) in [4.78, 5) is 14.0. The summed E-state index contributed by atoms with van der Waals surface area (Å²) in [6, 6.07) is 13.2. The van der Waals surface area contributed by atoms with E-state index in [4.69, 9.17) is 0 Å². The van der Waals surface area contributed by atoms with Gasteiger partial charge in [-0.1, -0.05) is 48.2 Å². The van der Waals surface area contributed by atoms with Gasteiger partial charge in [0.2, 0.25) is 0 Å². The van der Waals surface area contributed by atoms with Crippen molar-refractivity contribution in [3.05, 3.63) is 65.2 Å². The van der Waals surface area contributed by atoms with Crippen LogP contribution in [0.2, 0.25) is 0 Å². The third kappa shape index (κ3) is 5.09. The molecular weight excluding hydrogens is 485 g/mol. The van der Waals surface area contributed by atoms with Crippen LogP contribution in [0, 0.1) is 5.41 Å². The molecule has 5 nitrogen and oxygen atoms in total. The zero-order valence-corrected chi connectivity index (χ0v) is 21.2. The molecule has 0 amide bonds. The smallest absolute Gasteiger partial charge is 0.305 e. The zero-order chi connectivity index (χ0) is 25.5. The summed E-state index contributed by atoms with van der Waals surface area (Å²) >= 11 is 1.69. The maximum atomic E-state index is 12.8. The van der Waals surface area contributed by atoms with Crippen molar-refractivity contribution in [3.8, 4) is 11.4 Å². The van der Waals surface area contributed by atoms with Gasteiger partial charge in [-0.05, 0) is 68.3 Å². The molecule has 2 fully saturated rings. The van der Waals surface area contributed by atoms with E-state index < -0.39 is 11.7 Å². The minimum Gasteiger partial charge on any atom is -0.305 e. The lowest BCUT2D eigenvalue weighted by Crippen LogP contribution is -2.23. The summed E-state index contributed by atoms with van der Waals surface area (Å²) < 4.78 is 40.5. The summed E-state index contributed by atoms with van der Waals surface area (Å²) in [5.74, 6) is 2.12. The molecule has 190 valence electrons. The van der Waals surface area contributed by atoms with Crippen LogP contribution in [-0.2, 0) is 13.2 Å². The van der Waals surface area contributed by atoms with Gasteiger partial charge in [0.25, 0.3) is 0 Å². The number of halogens is 3. The SMILES string of the molecule is CC(=O)c1ccc(-c2nnc(SCCCN3CCC4(C[C@@H]4c4ccc(C(F)(F)F)cc4)C3)n2C)cc1. The number of carbonyl (C=O) groups is 1. The molecule has 1 unspecified atom stereocenters. The third-order valence-corrected chi connectivity index (χ3v) is 8.64. The number of ketones is 1. The fourth-order valence-corrected chi connectivity index (χ4v) is 6.18. The number of thioether (sulfide) groups is 1. The van der Waals surface area contributed by atoms with Gasteiger partial charge < -0.3 is 9.47 Å². The summed E-state index contributed by atoms with van der Waals surface area (Å²) in [6.45, 7) is 4.63. The van der Waals surface area contributed by atoms with E-state index in [1.54, 1.807) is 30.8 Å². The van der Waals surface area contributed by atoms with E-state index in [2.05, 4.69) is 15.1 Å². The first-order valence-electron chi connectivity index (χ1n) is 12.2. The molecule has 1 aliphatic heterocycles. The van der Waals surface area contributed by atoms with Crippen molar-refractivity contribution in [1.29, 1.82) is 0 Å². The molecule has 0 bridgehead atoms. The van der Waals surface area contributed by atoms with Crippen molar-refractivity contribution < 1.29 is 18.0 Å². The van der Waals surface area contributed by atoms with Gasteiger partial charge >= 0.3 is 6.18 Å². The first-order chi connectivity index (χ1) is 17.2. The second kappa shape index (κ2) is 9.67. The largest absolute Gasteiger partial charge is 0.416 e. The number of hydrogen-bond donors (Lipinski definition) is 0. The van der Waals surface area contributed by atoms with Gasteiger partial charge in [-0.3, -0.25) is 4.79 Å². The van der Waals surface area contributed by atoms with Crippen LogP contribution in [0.3, 0.4) is 0 Å². The van der Waals surface area contributed by atoms with Gasteiger partial charge in [0, 0.05) is 30.5 Å². The molecule has 1 aromatic heterocycles. The average molecular weight is 515 g/mol. The summed E-state index contributed by atoms with van der Waals surface area (Å²) in [5.41, 5.74) is 2.30. The van der Waals surface area contributed by atoms with E-state index in [1.807, 2.05) is 35.9 Å². The van der Waals surface area contributed by atoms with Crippen molar-refractivity contribution in [1.82, 2.24) is 19.7 Å². The van der Waals surface area contributed by atoms with Gasteiger partial charge in [-0.15, -0.1) is 10.2 Å². The highest BCUT2D eigenvalue weighted by atomic mass is 32.2. The Morgan fingerprint density at radius 3 is 2.50 bits per heavy atom. The quantitative estimate of drug-likeness (QED) is 0.208. The van der Waals surface area contributed by atoms with Gasteiger partial charge in [0.05, 0.1) is 5.56 Å². The number of rotatable bonds is 8. The number of carbonyl (C=O) groups excluding carboxylic acids is 1. The number of Topliss-reactive ketones (excluding diaryl/α,β-unsaturated/α-hetero) is 1. The Balaban J connectivity index is 1.09. The molecule has 0 N–H and O–H groups in total. The van der Waals surface area contributed by atoms with E-state index in [0.29, 0.717) is 11.5 Å². The van der Waals surface area contributed by atoms with Crippen LogP contribution >= 0.6 is 11.8 Å². The normalized spacial score (nSPS) is 21.9. The molecule has 2 heterocycles. The molecule has 1 aliphatic carbocycles. The van der Waals surface area contributed by atoms with Crippen LogP contribution in [0.4, 0.5) is 13.2 Å². The summed E-state index contributed by atoms with van der Waals surface area (Å²) in [6.07, 6.45) is -1.07. The number of alkyl halides is 3. The van der Waals surface area contributed by atoms with Crippen molar-refractivity contribution in [2.24, 2.45) is 12.5 Å². The predicted octanol–water partition coefficient (Wildman–Crippen LogP) is 6.07. The molecule has 2 aliphatic rings. The highest BCUT2D eigenvalue weighted by Crippen LogP contribution is 2.64. The first kappa shape index (κ1) is 25.0. The Morgan fingerprint density at radius 1 is 1.11 bits per heavy atom. The third-order valence-electron chi connectivity index (χ3n) is 7.53. The molecule has 2 atom stereocenters. The monoisotopic (exact) mass is 514 g/mol. The predicted molar refractivity (Wildman–Crippen MR) is 134 cm³/mol. The Labute approximate surface area is 213 Å². The lowest BCUT2D eigenvalue weighted by molar-refractivity contribution is -0.137. The van der Waals surface area contributed by atoms with E-state index in [-0.39, 0.29) is 11.2 Å². The molecule has 0 radical (unpaired) electrons. The van der Waals surface area contributed by atoms with Gasteiger partial charge in [-0.2, -0.15) is 13.2 Å². The standard InChI is InChI=1S/C27H29F3N4OS/c1-18(35)19-4-6-21(7-5-19)24-31-32-25(33(24)2)36-15-3-13-34-14-12-26(17-34)16-23(26)20-8-10-22(11-9-20)27(28,29)30/h4-11,23H,3,12-17H2,1-2H3/t23-,26?/m1/s1. The minimum atomic E-state index is -4.28. The summed E-state index contributed by atoms with van der Waals surface area (Å²) in [7, 11) is 1.95. The molecule has 9 heteroatoms. The van der Waals surface area contributed by atoms with E-state index in [0.717, 1.165) is 66.8 Å². The second-order valence-corrected chi connectivity index (χ2v) is 11.0. The molecule has 36 heavy (non-hydrogen) atoms. The van der Waals surface area contributed by atoms with Gasteiger partial charge in [-0.25, -0.2) is 0 Å². The topological polar surface area (TPSA) is 51.0 Å². The van der Waals surface area contributed by atoms with Gasteiger partial charge in [0.1, 0.15) is 0 Å². The Hall–Kier alpha value is -2.65. The fraction of sp³-hybridized carbons (Fsp3) is 0.444. The maximum absolute atomic E-state index is 12.8. The lowest BCUT2D eigenvalue weighted by Gasteiger charge is -2.16. The van der Waals surface area contributed by atoms with Crippen molar-refractivity contribution in [2.45, 2.75) is 43.4 Å². The Bertz CT molecular complexity index is 1240. The van der Waals surface area contributed by atoms with Gasteiger partial charge in [0.15, 0.2) is 16.8 Å². The summed E-state index contributed by atoms with van der Waals surface area (Å²) in [5, 5.41) is 9.54. The Kier molecular flexibility index (Phi) is 6.72. The van der Waals surface area contributed by atoms with Crippen molar-refractivity contribution in [2.75, 3.05) is 25.4 Å². The fourth-order valence-electron chi connectivity index (χ4n) is 5.35. The van der Waals surface area contributed by atoms with E-state index in [1.165, 1.54) is 12.1 Å². The minimum absolute atomic E-state index is 0.0384. The van der Waals surface area contributed by atoms with Crippen LogP contribution in [0.25, 0.3) is 11.4 Å². The zero-order valence-electron chi connectivity index (χ0n) is 20.4. The molecule has 5 rings (SSSR count). The first-order valence-corrected chi connectivity index (χ1v) is 13.2. The number of likely N-dealkylation sites (tertiary alicyclic amines) is 1. The average Bonchev–Trinajstić information content (AvgIpc) is 3.20. The van der Waals surface area contributed by atoms with E-state index in [9.17, 15) is 18.0 Å². The number of aromatic nitrogens is 3. The molecule has 3 aromatic rings. The second-order valence-electron chi connectivity index (χ2n) is 9.97. The van der Waals surface area contributed by atoms with Crippen LogP contribution in [0.5, 0.6) is 0 Å². The van der Waals surface area contributed by atoms with Crippen LogP contribution < -0.4 is 0 Å². The lowest BCUT2D eigenvalue weighted by atomic mass is 9.97. The number of benzene rings is 2. The molecule has 1 saturated heterocycles. The number of nitrogens with zero attached hydrogens (tertiary/aromatic N) is 4. The van der Waals surface area contributed by atoms with E-state index >= 15 is 0 Å².